The number of benzene rings is 1. The summed E-state index contributed by atoms with van der Waals surface area (Å²) >= 11 is 1.69. The Bertz CT molecular complexity index is 1180. The second kappa shape index (κ2) is 10.6. The Kier molecular flexibility index (Phi) is 7.70. The molecule has 0 atom stereocenters. The smallest absolute Gasteiger partial charge is 0.416 e. The van der Waals surface area contributed by atoms with Crippen LogP contribution in [0.5, 0.6) is 5.75 Å². The van der Waals surface area contributed by atoms with Crippen LogP contribution < -0.4 is 4.74 Å². The molecule has 1 saturated heterocycles. The summed E-state index contributed by atoms with van der Waals surface area (Å²) < 4.78 is 45.5. The molecule has 4 rings (SSSR count). The number of nitrogens with zero attached hydrogens (tertiary/aromatic N) is 5. The van der Waals surface area contributed by atoms with E-state index in [-0.39, 0.29) is 29.5 Å². The first-order valence-electron chi connectivity index (χ1n) is 11.8. The zero-order valence-corrected chi connectivity index (χ0v) is 21.4. The maximum atomic E-state index is 13.0. The number of carbonyl (C=O) groups excluding carboxylic acids is 1. The Morgan fingerprint density at radius 2 is 1.92 bits per heavy atom. The number of thiazole rings is 1. The van der Waals surface area contributed by atoms with Crippen molar-refractivity contribution in [3.63, 3.8) is 0 Å². The van der Waals surface area contributed by atoms with Crippen molar-refractivity contribution in [3.8, 4) is 5.75 Å². The Labute approximate surface area is 212 Å². The maximum Gasteiger partial charge on any atom is 0.416 e. The lowest BCUT2D eigenvalue weighted by Gasteiger charge is -2.21. The molecule has 1 aliphatic heterocycles. The van der Waals surface area contributed by atoms with Gasteiger partial charge in [-0.3, -0.25) is 9.69 Å². The monoisotopic (exact) mass is 521 g/mol. The number of halogens is 3. The van der Waals surface area contributed by atoms with Gasteiger partial charge in [-0.2, -0.15) is 18.3 Å². The molecule has 11 heteroatoms. The molecule has 0 radical (unpaired) electrons. The van der Waals surface area contributed by atoms with Crippen molar-refractivity contribution < 1.29 is 22.7 Å². The van der Waals surface area contributed by atoms with Gasteiger partial charge in [0.1, 0.15) is 5.75 Å². The third-order valence-electron chi connectivity index (χ3n) is 5.84. The minimum Gasteiger partial charge on any atom is -0.471 e. The van der Waals surface area contributed by atoms with Crippen LogP contribution in [0.2, 0.25) is 0 Å². The summed E-state index contributed by atoms with van der Waals surface area (Å²) in [4.78, 5) is 21.9. The molecular formula is C25H30F3N5O2S. The average Bonchev–Trinajstić information content (AvgIpc) is 3.43. The van der Waals surface area contributed by atoms with Gasteiger partial charge < -0.3 is 9.64 Å². The largest absolute Gasteiger partial charge is 0.471 e. The number of hydrogen-bond acceptors (Lipinski definition) is 6. The van der Waals surface area contributed by atoms with Gasteiger partial charge in [-0.15, -0.1) is 11.3 Å². The predicted octanol–water partition coefficient (Wildman–Crippen LogP) is 5.04. The second-order valence-corrected chi connectivity index (χ2v) is 10.7. The van der Waals surface area contributed by atoms with Gasteiger partial charge in [-0.25, -0.2) is 9.67 Å². The zero-order valence-electron chi connectivity index (χ0n) is 20.6. The van der Waals surface area contributed by atoms with E-state index in [1.807, 2.05) is 0 Å². The highest BCUT2D eigenvalue weighted by molar-refractivity contribution is 7.09. The fourth-order valence-electron chi connectivity index (χ4n) is 3.90. The summed E-state index contributed by atoms with van der Waals surface area (Å²) in [6.45, 7) is 9.97. The molecule has 1 aromatic carbocycles. The predicted molar refractivity (Wildman–Crippen MR) is 131 cm³/mol. The van der Waals surface area contributed by atoms with Crippen molar-refractivity contribution in [1.82, 2.24) is 24.6 Å². The lowest BCUT2D eigenvalue weighted by atomic mass is 9.98. The molecule has 0 unspecified atom stereocenters. The van der Waals surface area contributed by atoms with Crippen molar-refractivity contribution in [1.29, 1.82) is 0 Å². The molecule has 2 aromatic heterocycles. The number of hydrogen-bond donors (Lipinski definition) is 0. The molecule has 1 aliphatic rings. The molecule has 194 valence electrons. The molecule has 0 bridgehead atoms. The van der Waals surface area contributed by atoms with Crippen LogP contribution in [0.15, 0.2) is 41.9 Å². The number of rotatable bonds is 6. The average molecular weight is 522 g/mol. The van der Waals surface area contributed by atoms with Crippen molar-refractivity contribution in [2.45, 2.75) is 52.1 Å². The van der Waals surface area contributed by atoms with Gasteiger partial charge in [-0.1, -0.05) is 26.8 Å². The zero-order chi connectivity index (χ0) is 25.9. The molecule has 0 aliphatic carbocycles. The molecule has 1 fully saturated rings. The van der Waals surface area contributed by atoms with E-state index < -0.39 is 11.7 Å². The van der Waals surface area contributed by atoms with Crippen LogP contribution >= 0.6 is 11.3 Å². The Balaban J connectivity index is 1.30. The Hall–Kier alpha value is -2.92. The molecule has 36 heavy (non-hydrogen) atoms. The Morgan fingerprint density at radius 1 is 1.11 bits per heavy atom. The van der Waals surface area contributed by atoms with Crippen LogP contribution in [-0.2, 0) is 24.9 Å². The maximum absolute atomic E-state index is 13.0. The van der Waals surface area contributed by atoms with Gasteiger partial charge >= 0.3 is 6.18 Å². The van der Waals surface area contributed by atoms with Crippen LogP contribution in [0.1, 0.15) is 53.9 Å². The SMILES string of the molecule is CC(C)(C)c1nc(CN2CCCN(C(=O)c3ccn(COc4cccc(C(F)(F)F)c4)n3)CC2)cs1. The van der Waals surface area contributed by atoms with Gasteiger partial charge in [0.2, 0.25) is 0 Å². The van der Waals surface area contributed by atoms with Crippen LogP contribution in [-0.4, -0.2) is 56.7 Å². The summed E-state index contributed by atoms with van der Waals surface area (Å²) in [7, 11) is 0. The fourth-order valence-corrected chi connectivity index (χ4v) is 4.80. The first-order chi connectivity index (χ1) is 17.0. The van der Waals surface area contributed by atoms with E-state index in [0.717, 1.165) is 48.9 Å². The van der Waals surface area contributed by atoms with Crippen LogP contribution in [0.4, 0.5) is 13.2 Å². The van der Waals surface area contributed by atoms with Crippen molar-refractivity contribution in [2.75, 3.05) is 26.2 Å². The molecule has 0 spiro atoms. The third-order valence-corrected chi connectivity index (χ3v) is 7.16. The highest BCUT2D eigenvalue weighted by Gasteiger charge is 2.30. The van der Waals surface area contributed by atoms with Gasteiger partial charge in [-0.05, 0) is 30.7 Å². The normalized spacial score (nSPS) is 15.7. The van der Waals surface area contributed by atoms with E-state index in [4.69, 9.17) is 9.72 Å². The standard InChI is InChI=1S/C25H30F3N5O2S/c1-24(2,3)23-29-19(16-36-23)15-31-9-5-10-32(13-12-31)22(34)21-8-11-33(30-21)17-35-20-7-4-6-18(14-20)25(26,27)28/h4,6-8,11,14,16H,5,9-10,12-13,15,17H2,1-3H3. The van der Waals surface area contributed by atoms with E-state index in [1.165, 1.54) is 16.8 Å². The van der Waals surface area contributed by atoms with Gasteiger partial charge in [0.05, 0.1) is 16.3 Å². The first-order valence-corrected chi connectivity index (χ1v) is 12.7. The molecule has 3 aromatic rings. The Morgan fingerprint density at radius 3 is 2.64 bits per heavy atom. The first kappa shape index (κ1) is 26.2. The van der Waals surface area contributed by atoms with E-state index in [1.54, 1.807) is 28.5 Å². The van der Waals surface area contributed by atoms with Gasteiger partial charge in [0.15, 0.2) is 12.4 Å². The van der Waals surface area contributed by atoms with E-state index in [0.29, 0.717) is 13.1 Å². The third kappa shape index (κ3) is 6.64. The summed E-state index contributed by atoms with van der Waals surface area (Å²) in [6.07, 6.45) is -2.01. The lowest BCUT2D eigenvalue weighted by molar-refractivity contribution is -0.137. The van der Waals surface area contributed by atoms with E-state index in [9.17, 15) is 18.0 Å². The topological polar surface area (TPSA) is 63.5 Å². The summed E-state index contributed by atoms with van der Waals surface area (Å²) in [6, 6.07) is 6.26. The summed E-state index contributed by atoms with van der Waals surface area (Å²) in [5.41, 5.74) is 0.595. The van der Waals surface area contributed by atoms with Crippen molar-refractivity contribution in [2.24, 2.45) is 0 Å². The van der Waals surface area contributed by atoms with E-state index in [2.05, 4.69) is 36.1 Å². The fraction of sp³-hybridized carbons (Fsp3) is 0.480. The quantitative estimate of drug-likeness (QED) is 0.455. The number of aromatic nitrogens is 3. The number of alkyl halides is 3. The molecule has 7 nitrogen and oxygen atoms in total. The molecule has 1 amide bonds. The molecule has 0 saturated carbocycles. The lowest BCUT2D eigenvalue weighted by Crippen LogP contribution is -2.35. The highest BCUT2D eigenvalue weighted by atomic mass is 32.1. The van der Waals surface area contributed by atoms with E-state index >= 15 is 0 Å². The van der Waals surface area contributed by atoms with Crippen molar-refractivity contribution in [3.05, 3.63) is 63.9 Å². The van der Waals surface area contributed by atoms with Crippen molar-refractivity contribution >= 4 is 17.2 Å². The summed E-state index contributed by atoms with van der Waals surface area (Å²) in [5.74, 6) is -0.0890. The van der Waals surface area contributed by atoms with Crippen LogP contribution in [0.3, 0.4) is 0 Å². The second-order valence-electron chi connectivity index (χ2n) is 9.86. The number of carbonyl (C=O) groups is 1. The van der Waals surface area contributed by atoms with Gasteiger partial charge in [0.25, 0.3) is 5.91 Å². The number of amides is 1. The molecular weight excluding hydrogens is 491 g/mol. The number of ether oxygens (including phenoxy) is 1. The minimum absolute atomic E-state index is 0.0342. The summed E-state index contributed by atoms with van der Waals surface area (Å²) in [5, 5.41) is 7.51. The van der Waals surface area contributed by atoms with Gasteiger partial charge in [0, 0.05) is 49.7 Å². The highest BCUT2D eigenvalue weighted by Crippen LogP contribution is 2.31. The minimum atomic E-state index is -4.44. The van der Waals surface area contributed by atoms with Crippen LogP contribution in [0.25, 0.3) is 0 Å². The molecule has 3 heterocycles. The van der Waals surface area contributed by atoms with Crippen LogP contribution in [0, 0.1) is 0 Å². The molecule has 0 N–H and O–H groups in total.